The van der Waals surface area contributed by atoms with Crippen LogP contribution in [0.5, 0.6) is 0 Å². The maximum absolute atomic E-state index is 11.9. The largest absolute Gasteiger partial charge is 0.458 e. The summed E-state index contributed by atoms with van der Waals surface area (Å²) in [6, 6.07) is 0. The van der Waals surface area contributed by atoms with Crippen LogP contribution >= 0.6 is 0 Å². The zero-order valence-electron chi connectivity index (χ0n) is 5.30. The van der Waals surface area contributed by atoms with Crippen LogP contribution in [0.2, 0.25) is 0 Å². The minimum atomic E-state index is -1.07. The van der Waals surface area contributed by atoms with E-state index in [9.17, 15) is 9.18 Å². The van der Waals surface area contributed by atoms with Gasteiger partial charge in [-0.05, 0) is 0 Å². The first-order valence-corrected chi connectivity index (χ1v) is 2.83. The summed E-state index contributed by atoms with van der Waals surface area (Å²) in [6.45, 7) is 3.49. The lowest BCUT2D eigenvalue weighted by atomic mass is 10.5. The van der Waals surface area contributed by atoms with Crippen molar-refractivity contribution in [3.8, 4) is 0 Å². The number of carbonyl (C=O) groups is 1. The van der Waals surface area contributed by atoms with Gasteiger partial charge in [0.1, 0.15) is 12.7 Å². The maximum atomic E-state index is 11.9. The third-order valence-corrected chi connectivity index (χ3v) is 1.02. The fourth-order valence-corrected chi connectivity index (χ4v) is 0.411. The van der Waals surface area contributed by atoms with Gasteiger partial charge in [0.2, 0.25) is 5.83 Å². The molecule has 0 amide bonds. The molecule has 1 heterocycles. The smallest absolute Gasteiger partial charge is 0.366 e. The summed E-state index contributed by atoms with van der Waals surface area (Å²) in [5.74, 6) is -2.07. The Labute approximate surface area is 57.4 Å². The zero-order valence-corrected chi connectivity index (χ0v) is 5.30. The maximum Gasteiger partial charge on any atom is 0.366 e. The Hall–Kier alpha value is -0.900. The normalized spacial score (nSPS) is 21.9. The van der Waals surface area contributed by atoms with Crippen molar-refractivity contribution in [2.45, 2.75) is 6.10 Å². The number of ether oxygens (including phenoxy) is 2. The Kier molecular flexibility index (Phi) is 2.01. The Morgan fingerprint density at radius 3 is 2.90 bits per heavy atom. The van der Waals surface area contributed by atoms with E-state index in [0.29, 0.717) is 6.61 Å². The summed E-state index contributed by atoms with van der Waals surface area (Å²) >= 11 is 0. The Morgan fingerprint density at radius 2 is 2.50 bits per heavy atom. The molecule has 10 heavy (non-hydrogen) atoms. The number of hydrogen-bond donors (Lipinski definition) is 0. The molecule has 0 radical (unpaired) electrons. The number of halogens is 1. The van der Waals surface area contributed by atoms with Crippen LogP contribution in [0.3, 0.4) is 0 Å². The van der Waals surface area contributed by atoms with Crippen LogP contribution in [0, 0.1) is 0 Å². The molecule has 0 aliphatic carbocycles. The molecule has 3 nitrogen and oxygen atoms in total. The average Bonchev–Trinajstić information content (AvgIpc) is 2.64. The standard InChI is InChI=1S/C6H7FO3/c1-4(7)6(8)10-3-5-2-9-5/h5H,1-3H2. The van der Waals surface area contributed by atoms with Crippen LogP contribution in [0.4, 0.5) is 4.39 Å². The Bertz CT molecular complexity index is 162. The second-order valence-corrected chi connectivity index (χ2v) is 1.96. The number of hydrogen-bond acceptors (Lipinski definition) is 3. The van der Waals surface area contributed by atoms with Crippen molar-refractivity contribution < 1.29 is 18.7 Å². The number of esters is 1. The molecule has 1 fully saturated rings. The third-order valence-electron chi connectivity index (χ3n) is 1.02. The van der Waals surface area contributed by atoms with E-state index < -0.39 is 11.8 Å². The van der Waals surface area contributed by atoms with Crippen LogP contribution in [0.15, 0.2) is 12.4 Å². The van der Waals surface area contributed by atoms with Crippen LogP contribution < -0.4 is 0 Å². The zero-order chi connectivity index (χ0) is 7.56. The van der Waals surface area contributed by atoms with Gasteiger partial charge in [-0.3, -0.25) is 0 Å². The molecule has 1 aliphatic rings. The lowest BCUT2D eigenvalue weighted by Gasteiger charge is -1.97. The van der Waals surface area contributed by atoms with Crippen molar-refractivity contribution in [3.05, 3.63) is 12.4 Å². The number of epoxide rings is 1. The van der Waals surface area contributed by atoms with E-state index in [4.69, 9.17) is 4.74 Å². The van der Waals surface area contributed by atoms with Gasteiger partial charge in [-0.25, -0.2) is 4.79 Å². The lowest BCUT2D eigenvalue weighted by Crippen LogP contribution is -2.09. The van der Waals surface area contributed by atoms with Crippen LogP contribution in [0.25, 0.3) is 0 Å². The molecule has 0 N–H and O–H groups in total. The fourth-order valence-electron chi connectivity index (χ4n) is 0.411. The Morgan fingerprint density at radius 1 is 1.90 bits per heavy atom. The average molecular weight is 146 g/mol. The Balaban J connectivity index is 2.11. The van der Waals surface area contributed by atoms with Gasteiger partial charge >= 0.3 is 5.97 Å². The van der Waals surface area contributed by atoms with Gasteiger partial charge in [0.25, 0.3) is 0 Å². The first-order valence-electron chi connectivity index (χ1n) is 2.83. The second kappa shape index (κ2) is 2.79. The van der Waals surface area contributed by atoms with Crippen molar-refractivity contribution in [2.24, 2.45) is 0 Å². The molecule has 0 aromatic heterocycles. The molecule has 0 saturated carbocycles. The molecular weight excluding hydrogens is 139 g/mol. The van der Waals surface area contributed by atoms with E-state index in [1.807, 2.05) is 0 Å². The molecule has 4 heteroatoms. The van der Waals surface area contributed by atoms with E-state index in [2.05, 4.69) is 11.3 Å². The quantitative estimate of drug-likeness (QED) is 0.329. The highest BCUT2D eigenvalue weighted by molar-refractivity contribution is 5.85. The van der Waals surface area contributed by atoms with Gasteiger partial charge in [0.05, 0.1) is 6.61 Å². The third kappa shape index (κ3) is 2.14. The highest BCUT2D eigenvalue weighted by Crippen LogP contribution is 2.09. The van der Waals surface area contributed by atoms with Crippen molar-refractivity contribution in [3.63, 3.8) is 0 Å². The second-order valence-electron chi connectivity index (χ2n) is 1.96. The topological polar surface area (TPSA) is 38.8 Å². The van der Waals surface area contributed by atoms with Crippen LogP contribution in [0.1, 0.15) is 0 Å². The van der Waals surface area contributed by atoms with E-state index in [1.165, 1.54) is 0 Å². The molecule has 1 unspecified atom stereocenters. The lowest BCUT2D eigenvalue weighted by molar-refractivity contribution is -0.141. The summed E-state index contributed by atoms with van der Waals surface area (Å²) in [5, 5.41) is 0. The van der Waals surface area contributed by atoms with Gasteiger partial charge in [0, 0.05) is 0 Å². The molecule has 1 aliphatic heterocycles. The molecular formula is C6H7FO3. The molecule has 1 saturated heterocycles. The van der Waals surface area contributed by atoms with Crippen molar-refractivity contribution in [2.75, 3.05) is 13.2 Å². The summed E-state index contributed by atoms with van der Waals surface area (Å²) in [6.07, 6.45) is -0.0247. The van der Waals surface area contributed by atoms with Gasteiger partial charge in [-0.2, -0.15) is 4.39 Å². The van der Waals surface area contributed by atoms with Crippen LogP contribution in [-0.4, -0.2) is 25.3 Å². The van der Waals surface area contributed by atoms with Gasteiger partial charge in [-0.15, -0.1) is 0 Å². The summed E-state index contributed by atoms with van der Waals surface area (Å²) in [4.78, 5) is 10.3. The minimum absolute atomic E-state index is 0.0247. The highest BCUT2D eigenvalue weighted by atomic mass is 19.1. The molecule has 1 atom stereocenters. The predicted octanol–water partition coefficient (Wildman–Crippen LogP) is 0.412. The van der Waals surface area contributed by atoms with Crippen LogP contribution in [-0.2, 0) is 14.3 Å². The van der Waals surface area contributed by atoms with Crippen molar-refractivity contribution >= 4 is 5.97 Å². The van der Waals surface area contributed by atoms with E-state index in [-0.39, 0.29) is 12.7 Å². The first-order chi connectivity index (χ1) is 4.70. The van der Waals surface area contributed by atoms with E-state index in [0.717, 1.165) is 0 Å². The molecule has 1 rings (SSSR count). The molecule has 0 aromatic carbocycles. The monoisotopic (exact) mass is 146 g/mol. The molecule has 0 spiro atoms. The minimum Gasteiger partial charge on any atom is -0.458 e. The highest BCUT2D eigenvalue weighted by Gasteiger charge is 2.24. The molecule has 56 valence electrons. The predicted molar refractivity (Wildman–Crippen MR) is 30.9 cm³/mol. The molecule has 0 aromatic rings. The number of rotatable bonds is 3. The fraction of sp³-hybridized carbons (Fsp3) is 0.500. The summed E-state index contributed by atoms with van der Waals surface area (Å²) in [7, 11) is 0. The van der Waals surface area contributed by atoms with E-state index >= 15 is 0 Å². The van der Waals surface area contributed by atoms with Gasteiger partial charge in [-0.1, -0.05) is 6.58 Å². The number of carbonyl (C=O) groups excluding carboxylic acids is 1. The summed E-state index contributed by atoms with van der Waals surface area (Å²) in [5.41, 5.74) is 0. The summed E-state index contributed by atoms with van der Waals surface area (Å²) < 4.78 is 21.0. The van der Waals surface area contributed by atoms with Crippen molar-refractivity contribution in [1.82, 2.24) is 0 Å². The van der Waals surface area contributed by atoms with Gasteiger partial charge in [0.15, 0.2) is 0 Å². The van der Waals surface area contributed by atoms with Gasteiger partial charge < -0.3 is 9.47 Å². The van der Waals surface area contributed by atoms with E-state index in [1.54, 1.807) is 0 Å². The van der Waals surface area contributed by atoms with Crippen molar-refractivity contribution in [1.29, 1.82) is 0 Å². The SMILES string of the molecule is C=C(F)C(=O)OCC1CO1. The first kappa shape index (κ1) is 7.21. The molecule has 0 bridgehead atoms.